The second kappa shape index (κ2) is 8.31. The van der Waals surface area contributed by atoms with Gasteiger partial charge in [0.25, 0.3) is 5.56 Å². The van der Waals surface area contributed by atoms with E-state index in [-0.39, 0.29) is 18.0 Å². The highest BCUT2D eigenvalue weighted by atomic mass is 16.5. The number of nitrogens with zero attached hydrogens (tertiary/aromatic N) is 2. The zero-order valence-corrected chi connectivity index (χ0v) is 12.0. The molecule has 1 aromatic heterocycles. The largest absolute Gasteiger partial charge is 0.492 e. The van der Waals surface area contributed by atoms with Crippen LogP contribution in [0.3, 0.4) is 0 Å². The summed E-state index contributed by atoms with van der Waals surface area (Å²) in [5.74, 6) is 0.523. The molecule has 1 amide bonds. The Labute approximate surface area is 118 Å². The maximum absolute atomic E-state index is 11.8. The summed E-state index contributed by atoms with van der Waals surface area (Å²) < 4.78 is 6.41. The minimum Gasteiger partial charge on any atom is -0.492 e. The van der Waals surface area contributed by atoms with Gasteiger partial charge in [-0.1, -0.05) is 13.8 Å². The van der Waals surface area contributed by atoms with Crippen molar-refractivity contribution in [3.8, 4) is 5.75 Å². The Balaban J connectivity index is 2.55. The maximum Gasteiger partial charge on any atom is 0.270 e. The molecule has 0 aliphatic carbocycles. The van der Waals surface area contributed by atoms with E-state index in [1.54, 1.807) is 0 Å². The molecule has 7 nitrogen and oxygen atoms in total. The van der Waals surface area contributed by atoms with Crippen molar-refractivity contribution in [1.82, 2.24) is 15.1 Å². The molecule has 0 atom stereocenters. The molecule has 3 N–H and O–H groups in total. The summed E-state index contributed by atoms with van der Waals surface area (Å²) in [6, 6.07) is 1.32. The van der Waals surface area contributed by atoms with Gasteiger partial charge in [0, 0.05) is 12.6 Å². The lowest BCUT2D eigenvalue weighted by Gasteiger charge is -2.09. The van der Waals surface area contributed by atoms with Crippen molar-refractivity contribution in [3.05, 3.63) is 22.6 Å². The van der Waals surface area contributed by atoms with Crippen molar-refractivity contribution in [2.24, 2.45) is 11.7 Å². The first-order valence-electron chi connectivity index (χ1n) is 6.69. The van der Waals surface area contributed by atoms with E-state index < -0.39 is 0 Å². The van der Waals surface area contributed by atoms with Gasteiger partial charge in [0.1, 0.15) is 12.3 Å². The second-order valence-electron chi connectivity index (χ2n) is 4.88. The first kappa shape index (κ1) is 16.2. The Morgan fingerprint density at radius 3 is 2.90 bits per heavy atom. The van der Waals surface area contributed by atoms with Crippen LogP contribution in [0.1, 0.15) is 20.3 Å². The van der Waals surface area contributed by atoms with Gasteiger partial charge in [-0.15, -0.1) is 0 Å². The number of nitrogens with one attached hydrogen (secondary N) is 1. The zero-order chi connectivity index (χ0) is 15.0. The lowest BCUT2D eigenvalue weighted by molar-refractivity contribution is -0.122. The highest BCUT2D eigenvalue weighted by Crippen LogP contribution is 2.03. The van der Waals surface area contributed by atoms with Crippen LogP contribution in [-0.2, 0) is 11.3 Å². The van der Waals surface area contributed by atoms with Crippen LogP contribution in [0.2, 0.25) is 0 Å². The fourth-order valence-corrected chi connectivity index (χ4v) is 1.40. The molecular weight excluding hydrogens is 260 g/mol. The van der Waals surface area contributed by atoms with Gasteiger partial charge in [-0.05, 0) is 18.9 Å². The zero-order valence-electron chi connectivity index (χ0n) is 12.0. The molecule has 0 spiro atoms. The molecule has 0 saturated carbocycles. The first-order chi connectivity index (χ1) is 9.52. The molecule has 0 aromatic carbocycles. The molecule has 1 aromatic rings. The predicted molar refractivity (Wildman–Crippen MR) is 75.5 cm³/mol. The number of hydrogen-bond acceptors (Lipinski definition) is 5. The molecule has 0 fully saturated rings. The van der Waals surface area contributed by atoms with Gasteiger partial charge in [0.15, 0.2) is 0 Å². The van der Waals surface area contributed by atoms with Crippen molar-refractivity contribution >= 4 is 5.91 Å². The fraction of sp³-hybridized carbons (Fsp3) is 0.615. The van der Waals surface area contributed by atoms with Gasteiger partial charge in [-0.2, -0.15) is 5.10 Å². The van der Waals surface area contributed by atoms with E-state index in [4.69, 9.17) is 10.5 Å². The van der Waals surface area contributed by atoms with Crippen LogP contribution in [0.5, 0.6) is 5.75 Å². The quantitative estimate of drug-likeness (QED) is 0.640. The van der Waals surface area contributed by atoms with E-state index in [0.29, 0.717) is 37.8 Å². The van der Waals surface area contributed by atoms with Crippen molar-refractivity contribution in [3.63, 3.8) is 0 Å². The van der Waals surface area contributed by atoms with E-state index in [9.17, 15) is 9.59 Å². The van der Waals surface area contributed by atoms with Gasteiger partial charge in [0.2, 0.25) is 5.91 Å². The average molecular weight is 282 g/mol. The summed E-state index contributed by atoms with van der Waals surface area (Å²) in [6.07, 6.45) is 2.13. The number of hydrogen-bond donors (Lipinski definition) is 2. The van der Waals surface area contributed by atoms with Gasteiger partial charge >= 0.3 is 0 Å². The van der Waals surface area contributed by atoms with Crippen LogP contribution in [0, 0.1) is 5.92 Å². The van der Waals surface area contributed by atoms with Gasteiger partial charge in [-0.25, -0.2) is 4.68 Å². The van der Waals surface area contributed by atoms with Crippen molar-refractivity contribution in [2.45, 2.75) is 26.8 Å². The molecule has 0 aliphatic heterocycles. The summed E-state index contributed by atoms with van der Waals surface area (Å²) in [7, 11) is 0. The number of nitrogens with two attached hydrogens (primary N) is 1. The molecule has 7 heteroatoms. The van der Waals surface area contributed by atoms with Gasteiger partial charge < -0.3 is 15.8 Å². The topological polar surface area (TPSA) is 99.2 Å². The normalized spacial score (nSPS) is 10.6. The molecule has 0 unspecified atom stereocenters. The van der Waals surface area contributed by atoms with Crippen molar-refractivity contribution in [2.75, 3.05) is 19.7 Å². The van der Waals surface area contributed by atoms with E-state index in [2.05, 4.69) is 10.4 Å². The third-order valence-corrected chi connectivity index (χ3v) is 2.46. The fourth-order valence-electron chi connectivity index (χ4n) is 1.40. The van der Waals surface area contributed by atoms with E-state index in [1.807, 2.05) is 13.8 Å². The summed E-state index contributed by atoms with van der Waals surface area (Å²) >= 11 is 0. The van der Waals surface area contributed by atoms with Crippen LogP contribution in [0.15, 0.2) is 17.1 Å². The van der Waals surface area contributed by atoms with E-state index in [1.165, 1.54) is 12.3 Å². The molecule has 0 saturated heterocycles. The average Bonchev–Trinajstić information content (AvgIpc) is 2.40. The molecule has 0 aliphatic rings. The third-order valence-electron chi connectivity index (χ3n) is 2.46. The predicted octanol–water partition coefficient (Wildman–Crippen LogP) is -0.257. The van der Waals surface area contributed by atoms with Crippen molar-refractivity contribution in [1.29, 1.82) is 0 Å². The van der Waals surface area contributed by atoms with Crippen LogP contribution in [0.25, 0.3) is 0 Å². The van der Waals surface area contributed by atoms with E-state index >= 15 is 0 Å². The number of carbonyl (C=O) groups is 1. The summed E-state index contributed by atoms with van der Waals surface area (Å²) in [5.41, 5.74) is 4.98. The number of rotatable bonds is 8. The monoisotopic (exact) mass is 282 g/mol. The number of ether oxygens (including phenoxy) is 1. The standard InChI is InChI=1S/C13H22N4O3/c1-10(2)7-15-12(18)9-17-13(19)6-11(8-16-17)20-5-3-4-14/h6,8,10H,3-5,7,9,14H2,1-2H3,(H,15,18). The SMILES string of the molecule is CC(C)CNC(=O)Cn1ncc(OCCCN)cc1=O. The van der Waals surface area contributed by atoms with Crippen LogP contribution >= 0.6 is 0 Å². The van der Waals surface area contributed by atoms with Crippen molar-refractivity contribution < 1.29 is 9.53 Å². The summed E-state index contributed by atoms with van der Waals surface area (Å²) in [6.45, 7) is 5.45. The maximum atomic E-state index is 11.8. The van der Waals surface area contributed by atoms with Gasteiger partial charge in [0.05, 0.1) is 12.8 Å². The Morgan fingerprint density at radius 1 is 1.55 bits per heavy atom. The number of amides is 1. The Bertz CT molecular complexity index is 485. The number of aromatic nitrogens is 2. The Hall–Kier alpha value is -1.89. The first-order valence-corrected chi connectivity index (χ1v) is 6.69. The molecule has 0 radical (unpaired) electrons. The lowest BCUT2D eigenvalue weighted by atomic mass is 10.2. The third kappa shape index (κ3) is 5.83. The lowest BCUT2D eigenvalue weighted by Crippen LogP contribution is -2.35. The Morgan fingerprint density at radius 2 is 2.30 bits per heavy atom. The molecular formula is C13H22N4O3. The van der Waals surface area contributed by atoms with Crippen LogP contribution < -0.4 is 21.3 Å². The second-order valence-corrected chi connectivity index (χ2v) is 4.88. The minimum absolute atomic E-state index is 0.0887. The highest BCUT2D eigenvalue weighted by molar-refractivity contribution is 5.75. The minimum atomic E-state index is -0.366. The highest BCUT2D eigenvalue weighted by Gasteiger charge is 2.07. The Kier molecular flexibility index (Phi) is 6.72. The molecule has 1 heterocycles. The smallest absolute Gasteiger partial charge is 0.270 e. The molecule has 0 bridgehead atoms. The molecule has 1 rings (SSSR count). The van der Waals surface area contributed by atoms with Crippen LogP contribution in [0.4, 0.5) is 0 Å². The number of carbonyl (C=O) groups excluding carboxylic acids is 1. The van der Waals surface area contributed by atoms with Gasteiger partial charge in [-0.3, -0.25) is 9.59 Å². The molecule has 20 heavy (non-hydrogen) atoms. The summed E-state index contributed by atoms with van der Waals surface area (Å²) in [4.78, 5) is 23.4. The molecule has 112 valence electrons. The van der Waals surface area contributed by atoms with E-state index in [0.717, 1.165) is 4.68 Å². The van der Waals surface area contributed by atoms with Crippen LogP contribution in [-0.4, -0.2) is 35.4 Å². The summed E-state index contributed by atoms with van der Waals surface area (Å²) in [5, 5.41) is 6.64.